The summed E-state index contributed by atoms with van der Waals surface area (Å²) >= 11 is 0. The normalized spacial score (nSPS) is 19.9. The average Bonchev–Trinajstić information content (AvgIpc) is 3.19. The number of aromatic nitrogens is 3. The van der Waals surface area contributed by atoms with Gasteiger partial charge in [-0.05, 0) is 43.9 Å². The molecule has 2 aromatic heterocycles. The molecule has 4 rings (SSSR count). The lowest BCUT2D eigenvalue weighted by Gasteiger charge is -2.27. The van der Waals surface area contributed by atoms with E-state index >= 15 is 0 Å². The number of nitrogens with one attached hydrogen (secondary N) is 2. The van der Waals surface area contributed by atoms with Gasteiger partial charge in [-0.15, -0.1) is 5.10 Å². The van der Waals surface area contributed by atoms with Gasteiger partial charge >= 0.3 is 0 Å². The molecule has 0 saturated heterocycles. The largest absolute Gasteiger partial charge is 0.366 e. The van der Waals surface area contributed by atoms with Gasteiger partial charge in [-0.1, -0.05) is 6.07 Å². The van der Waals surface area contributed by atoms with Crippen molar-refractivity contribution in [3.05, 3.63) is 42.7 Å². The molecule has 3 aromatic rings. The van der Waals surface area contributed by atoms with E-state index < -0.39 is 10.0 Å². The standard InChI is InChI=1S/C20H27N7O2S/c1-26(2)30(28,29)17-5-3-4-16(12-17)23-18-13-19(25-27-11-10-22-20(18)27)24-15-8-6-14(21)7-9-15/h3-5,10-15,23H,6-9,21H2,1-2H3,(H,24,25)/t14-,15-. The second kappa shape index (κ2) is 8.21. The Balaban J connectivity index is 1.62. The van der Waals surface area contributed by atoms with Crippen LogP contribution in [-0.4, -0.2) is 53.5 Å². The second-order valence-corrected chi connectivity index (χ2v) is 9.99. The van der Waals surface area contributed by atoms with E-state index in [-0.39, 0.29) is 10.9 Å². The van der Waals surface area contributed by atoms with Gasteiger partial charge in [-0.2, -0.15) is 0 Å². The second-order valence-electron chi connectivity index (χ2n) is 7.83. The molecule has 0 radical (unpaired) electrons. The van der Waals surface area contributed by atoms with Crippen molar-refractivity contribution in [1.82, 2.24) is 18.9 Å². The van der Waals surface area contributed by atoms with Crippen molar-refractivity contribution in [2.75, 3.05) is 24.7 Å². The van der Waals surface area contributed by atoms with Crippen LogP contribution in [-0.2, 0) is 10.0 Å². The van der Waals surface area contributed by atoms with Crippen molar-refractivity contribution in [3.63, 3.8) is 0 Å². The highest BCUT2D eigenvalue weighted by Gasteiger charge is 2.20. The van der Waals surface area contributed by atoms with Gasteiger partial charge < -0.3 is 16.4 Å². The Kier molecular flexibility index (Phi) is 5.63. The molecule has 4 N–H and O–H groups in total. The summed E-state index contributed by atoms with van der Waals surface area (Å²) in [6.07, 6.45) is 7.50. The molecule has 0 spiro atoms. The summed E-state index contributed by atoms with van der Waals surface area (Å²) in [5.41, 5.74) is 8.07. The van der Waals surface area contributed by atoms with Crippen molar-refractivity contribution >= 4 is 32.9 Å². The molecule has 0 bridgehead atoms. The Morgan fingerprint density at radius 1 is 1.17 bits per heavy atom. The van der Waals surface area contributed by atoms with E-state index in [0.717, 1.165) is 37.2 Å². The highest BCUT2D eigenvalue weighted by Crippen LogP contribution is 2.27. The van der Waals surface area contributed by atoms with Crippen molar-refractivity contribution in [2.45, 2.75) is 42.7 Å². The predicted molar refractivity (Wildman–Crippen MR) is 117 cm³/mol. The zero-order valence-electron chi connectivity index (χ0n) is 17.1. The number of anilines is 3. The molecule has 0 amide bonds. The summed E-state index contributed by atoms with van der Waals surface area (Å²) in [4.78, 5) is 4.60. The Morgan fingerprint density at radius 3 is 2.67 bits per heavy atom. The molecule has 160 valence electrons. The van der Waals surface area contributed by atoms with Gasteiger partial charge in [-0.25, -0.2) is 22.2 Å². The number of nitrogens with two attached hydrogens (primary N) is 1. The number of fused-ring (bicyclic) bond motifs is 1. The van der Waals surface area contributed by atoms with Crippen LogP contribution in [0.4, 0.5) is 17.2 Å². The molecule has 1 aliphatic carbocycles. The van der Waals surface area contributed by atoms with E-state index in [1.165, 1.54) is 18.4 Å². The number of benzene rings is 1. The molecule has 1 aromatic carbocycles. The van der Waals surface area contributed by atoms with Gasteiger partial charge in [0, 0.05) is 50.3 Å². The van der Waals surface area contributed by atoms with Gasteiger partial charge in [0.2, 0.25) is 10.0 Å². The van der Waals surface area contributed by atoms with Gasteiger partial charge in [0.05, 0.1) is 10.6 Å². The van der Waals surface area contributed by atoms with Crippen molar-refractivity contribution < 1.29 is 8.42 Å². The maximum Gasteiger partial charge on any atom is 0.242 e. The SMILES string of the molecule is CN(C)S(=O)(=O)c1cccc(Nc2cc(N[C@H]3CC[C@H](N)CC3)nn3ccnc23)c1. The zero-order chi connectivity index (χ0) is 21.3. The van der Waals surface area contributed by atoms with Crippen LogP contribution in [0.25, 0.3) is 5.65 Å². The first kappa shape index (κ1) is 20.6. The molecule has 0 atom stereocenters. The van der Waals surface area contributed by atoms with Crippen molar-refractivity contribution in [2.24, 2.45) is 5.73 Å². The number of nitrogens with zero attached hydrogens (tertiary/aromatic N) is 4. The molecule has 10 heteroatoms. The molecule has 9 nitrogen and oxygen atoms in total. The number of rotatable bonds is 6. The van der Waals surface area contributed by atoms with Gasteiger partial charge in [-0.3, -0.25) is 0 Å². The zero-order valence-corrected chi connectivity index (χ0v) is 17.9. The molecule has 2 heterocycles. The number of sulfonamides is 1. The third-order valence-corrected chi connectivity index (χ3v) is 7.19. The Morgan fingerprint density at radius 2 is 1.93 bits per heavy atom. The first-order valence-corrected chi connectivity index (χ1v) is 11.4. The van der Waals surface area contributed by atoms with Crippen LogP contribution in [0, 0.1) is 0 Å². The smallest absolute Gasteiger partial charge is 0.242 e. The lowest BCUT2D eigenvalue weighted by atomic mass is 9.92. The summed E-state index contributed by atoms with van der Waals surface area (Å²) in [5, 5.41) is 11.4. The fourth-order valence-corrected chi connectivity index (χ4v) is 4.60. The average molecular weight is 430 g/mol. The summed E-state index contributed by atoms with van der Waals surface area (Å²) in [7, 11) is -0.485. The number of hydrogen-bond acceptors (Lipinski definition) is 7. The minimum atomic E-state index is -3.52. The van der Waals surface area contributed by atoms with E-state index in [9.17, 15) is 8.42 Å². The fraction of sp³-hybridized carbons (Fsp3) is 0.400. The van der Waals surface area contributed by atoms with Crippen LogP contribution in [0.2, 0.25) is 0 Å². The topological polar surface area (TPSA) is 118 Å². The van der Waals surface area contributed by atoms with Crippen LogP contribution in [0.3, 0.4) is 0 Å². The van der Waals surface area contributed by atoms with Crippen LogP contribution >= 0.6 is 0 Å². The quantitative estimate of drug-likeness (QED) is 0.551. The highest BCUT2D eigenvalue weighted by molar-refractivity contribution is 7.89. The molecule has 30 heavy (non-hydrogen) atoms. The summed E-state index contributed by atoms with van der Waals surface area (Å²) in [6, 6.07) is 9.26. The lowest BCUT2D eigenvalue weighted by Crippen LogP contribution is -2.33. The maximum atomic E-state index is 12.5. The van der Waals surface area contributed by atoms with Crippen molar-refractivity contribution in [3.8, 4) is 0 Å². The first-order valence-electron chi connectivity index (χ1n) is 9.99. The molecule has 1 fully saturated rings. The predicted octanol–water partition coefficient (Wildman–Crippen LogP) is 2.41. The third kappa shape index (κ3) is 4.25. The third-order valence-electron chi connectivity index (χ3n) is 5.37. The monoisotopic (exact) mass is 429 g/mol. The molecule has 0 unspecified atom stereocenters. The fourth-order valence-electron chi connectivity index (χ4n) is 3.65. The van der Waals surface area contributed by atoms with Gasteiger partial charge in [0.1, 0.15) is 5.82 Å². The summed E-state index contributed by atoms with van der Waals surface area (Å²) in [6.45, 7) is 0. The van der Waals surface area contributed by atoms with Crippen LogP contribution in [0.15, 0.2) is 47.6 Å². The molecule has 1 saturated carbocycles. The minimum Gasteiger partial charge on any atom is -0.366 e. The van der Waals surface area contributed by atoms with Gasteiger partial charge in [0.15, 0.2) is 5.65 Å². The van der Waals surface area contributed by atoms with Gasteiger partial charge in [0.25, 0.3) is 0 Å². The van der Waals surface area contributed by atoms with Crippen LogP contribution in [0.1, 0.15) is 25.7 Å². The van der Waals surface area contributed by atoms with E-state index in [4.69, 9.17) is 5.73 Å². The lowest BCUT2D eigenvalue weighted by molar-refractivity contribution is 0.410. The van der Waals surface area contributed by atoms with Crippen LogP contribution < -0.4 is 16.4 Å². The number of imidazole rings is 1. The van der Waals surface area contributed by atoms with Crippen molar-refractivity contribution in [1.29, 1.82) is 0 Å². The van der Waals surface area contributed by atoms with E-state index in [2.05, 4.69) is 20.7 Å². The first-order chi connectivity index (χ1) is 14.3. The summed E-state index contributed by atoms with van der Waals surface area (Å²) < 4.78 is 27.8. The number of hydrogen-bond donors (Lipinski definition) is 3. The highest BCUT2D eigenvalue weighted by atomic mass is 32.2. The Hall–Kier alpha value is -2.69. The summed E-state index contributed by atoms with van der Waals surface area (Å²) in [5.74, 6) is 0.737. The van der Waals surface area contributed by atoms with Crippen LogP contribution in [0.5, 0.6) is 0 Å². The maximum absolute atomic E-state index is 12.5. The Labute approximate surface area is 176 Å². The Bertz CT molecular complexity index is 1140. The molecular formula is C20H27N7O2S. The van der Waals surface area contributed by atoms with E-state index in [1.54, 1.807) is 35.1 Å². The minimum absolute atomic E-state index is 0.225. The van der Waals surface area contributed by atoms with E-state index in [0.29, 0.717) is 17.4 Å². The molecule has 0 aliphatic heterocycles. The van der Waals surface area contributed by atoms with E-state index in [1.807, 2.05) is 12.1 Å². The molecule has 1 aliphatic rings. The molecular weight excluding hydrogens is 402 g/mol.